The first kappa shape index (κ1) is 23.0. The monoisotopic (exact) mass is 515 g/mol. The molecule has 33 heavy (non-hydrogen) atoms. The summed E-state index contributed by atoms with van der Waals surface area (Å²) in [6.45, 7) is 0. The van der Waals surface area contributed by atoms with Gasteiger partial charge in [-0.3, -0.25) is 14.9 Å². The molecule has 0 atom stereocenters. The normalized spacial score (nSPS) is 10.5. The van der Waals surface area contributed by atoms with Gasteiger partial charge in [0.25, 0.3) is 11.8 Å². The van der Waals surface area contributed by atoms with Gasteiger partial charge in [0, 0.05) is 22.0 Å². The molecule has 2 heterocycles. The van der Waals surface area contributed by atoms with Crippen LogP contribution in [0.15, 0.2) is 76.5 Å². The number of nitrogens with one attached hydrogen (secondary N) is 3. The van der Waals surface area contributed by atoms with Crippen molar-refractivity contribution in [3.63, 3.8) is 0 Å². The third kappa shape index (κ3) is 5.80. The molecule has 0 saturated heterocycles. The van der Waals surface area contributed by atoms with E-state index in [1.54, 1.807) is 54.6 Å². The van der Waals surface area contributed by atoms with Crippen LogP contribution >= 0.6 is 46.8 Å². The van der Waals surface area contributed by atoms with E-state index in [4.69, 9.17) is 39.8 Å². The second-order valence-electron chi connectivity index (χ2n) is 6.71. The van der Waals surface area contributed by atoms with Crippen molar-refractivity contribution in [1.82, 2.24) is 5.32 Å². The molecule has 4 aromatic rings. The average molecular weight is 516 g/mol. The highest BCUT2D eigenvalue weighted by Gasteiger charge is 2.16. The van der Waals surface area contributed by atoms with Crippen LogP contribution in [0.4, 0.5) is 11.4 Å². The zero-order valence-electron chi connectivity index (χ0n) is 16.7. The fourth-order valence-electron chi connectivity index (χ4n) is 2.90. The molecule has 2 amide bonds. The van der Waals surface area contributed by atoms with E-state index in [1.165, 1.54) is 17.4 Å². The number of hydrogen-bond donors (Lipinski definition) is 3. The zero-order chi connectivity index (χ0) is 23.4. The molecule has 4 rings (SSSR count). The number of thiocarbonyl (C=S) groups is 1. The quantitative estimate of drug-likeness (QED) is 0.257. The van der Waals surface area contributed by atoms with Crippen molar-refractivity contribution < 1.29 is 14.0 Å². The molecule has 0 unspecified atom stereocenters. The first-order chi connectivity index (χ1) is 15.9. The van der Waals surface area contributed by atoms with Gasteiger partial charge in [-0.05, 0) is 72.2 Å². The number of carbonyl (C=O) groups excluding carboxylic acids is 2. The van der Waals surface area contributed by atoms with Gasteiger partial charge in [0.15, 0.2) is 10.9 Å². The van der Waals surface area contributed by atoms with Gasteiger partial charge < -0.3 is 15.1 Å². The molecule has 2 aromatic carbocycles. The third-order valence-electron chi connectivity index (χ3n) is 4.38. The summed E-state index contributed by atoms with van der Waals surface area (Å²) >= 11 is 18.7. The molecule has 10 heteroatoms. The smallest absolute Gasteiger partial charge is 0.293 e. The van der Waals surface area contributed by atoms with Crippen LogP contribution in [-0.4, -0.2) is 16.9 Å². The zero-order valence-corrected chi connectivity index (χ0v) is 19.9. The maximum absolute atomic E-state index is 12.5. The van der Waals surface area contributed by atoms with Crippen molar-refractivity contribution in [2.75, 3.05) is 10.6 Å². The number of rotatable bonds is 5. The number of thiophene rings is 1. The van der Waals surface area contributed by atoms with Crippen molar-refractivity contribution in [2.24, 2.45) is 0 Å². The number of halogens is 2. The largest absolute Gasteiger partial charge is 0.451 e. The lowest BCUT2D eigenvalue weighted by Crippen LogP contribution is -2.33. The van der Waals surface area contributed by atoms with Gasteiger partial charge in [0.2, 0.25) is 0 Å². The van der Waals surface area contributed by atoms with Gasteiger partial charge in [-0.2, -0.15) is 0 Å². The molecule has 0 aliphatic heterocycles. The van der Waals surface area contributed by atoms with Crippen LogP contribution in [0.1, 0.15) is 20.2 Å². The summed E-state index contributed by atoms with van der Waals surface area (Å²) in [6.07, 6.45) is 0. The number of amides is 2. The molecule has 166 valence electrons. The number of anilines is 2. The van der Waals surface area contributed by atoms with E-state index in [-0.39, 0.29) is 16.8 Å². The Balaban J connectivity index is 1.38. The highest BCUT2D eigenvalue weighted by molar-refractivity contribution is 7.80. The van der Waals surface area contributed by atoms with Crippen LogP contribution in [0.3, 0.4) is 0 Å². The molecule has 3 N–H and O–H groups in total. The second-order valence-corrected chi connectivity index (χ2v) is 8.91. The number of furan rings is 1. The van der Waals surface area contributed by atoms with E-state index >= 15 is 0 Å². The molecule has 0 spiro atoms. The summed E-state index contributed by atoms with van der Waals surface area (Å²) in [4.78, 5) is 25.4. The summed E-state index contributed by atoms with van der Waals surface area (Å²) in [5, 5.41) is 11.1. The Labute approximate surface area is 208 Å². The Morgan fingerprint density at radius 1 is 0.879 bits per heavy atom. The molecule has 0 aliphatic carbocycles. The van der Waals surface area contributed by atoms with Crippen LogP contribution in [0.25, 0.3) is 11.3 Å². The summed E-state index contributed by atoms with van der Waals surface area (Å²) in [6, 6.07) is 18.7. The van der Waals surface area contributed by atoms with Gasteiger partial charge in [-0.1, -0.05) is 35.3 Å². The second kappa shape index (κ2) is 10.2. The lowest BCUT2D eigenvalue weighted by atomic mass is 10.2. The lowest BCUT2D eigenvalue weighted by molar-refractivity contribution is 0.0950. The Kier molecular flexibility index (Phi) is 7.10. The lowest BCUT2D eigenvalue weighted by Gasteiger charge is -2.10. The average Bonchev–Trinajstić information content (AvgIpc) is 3.46. The highest BCUT2D eigenvalue weighted by atomic mass is 35.5. The minimum absolute atomic E-state index is 0.0668. The Morgan fingerprint density at radius 2 is 1.67 bits per heavy atom. The Bertz CT molecular complexity index is 1340. The van der Waals surface area contributed by atoms with E-state index in [1.807, 2.05) is 11.4 Å². The minimum Gasteiger partial charge on any atom is -0.451 e. The van der Waals surface area contributed by atoms with E-state index < -0.39 is 5.91 Å². The van der Waals surface area contributed by atoms with Crippen molar-refractivity contribution in [3.05, 3.63) is 92.8 Å². The molecule has 0 fully saturated rings. The van der Waals surface area contributed by atoms with Crippen LogP contribution in [-0.2, 0) is 0 Å². The summed E-state index contributed by atoms with van der Waals surface area (Å²) in [7, 11) is 0. The first-order valence-electron chi connectivity index (χ1n) is 9.51. The predicted molar refractivity (Wildman–Crippen MR) is 137 cm³/mol. The Morgan fingerprint density at radius 3 is 2.39 bits per heavy atom. The van der Waals surface area contributed by atoms with Gasteiger partial charge >= 0.3 is 0 Å². The topological polar surface area (TPSA) is 83.4 Å². The van der Waals surface area contributed by atoms with E-state index in [9.17, 15) is 9.59 Å². The van der Waals surface area contributed by atoms with Gasteiger partial charge in [-0.25, -0.2) is 0 Å². The van der Waals surface area contributed by atoms with Crippen LogP contribution in [0.5, 0.6) is 0 Å². The van der Waals surface area contributed by atoms with Crippen molar-refractivity contribution >= 4 is 75.1 Å². The molecule has 0 aliphatic rings. The number of benzene rings is 2. The predicted octanol–water partition coefficient (Wildman–Crippen LogP) is 6.69. The molecule has 2 aromatic heterocycles. The molecular weight excluding hydrogens is 501 g/mol. The molecule has 0 saturated carbocycles. The molecule has 0 radical (unpaired) electrons. The van der Waals surface area contributed by atoms with Crippen LogP contribution in [0.2, 0.25) is 10.0 Å². The van der Waals surface area contributed by atoms with Gasteiger partial charge in [0.1, 0.15) is 5.76 Å². The van der Waals surface area contributed by atoms with Gasteiger partial charge in [-0.15, -0.1) is 11.3 Å². The van der Waals surface area contributed by atoms with Crippen molar-refractivity contribution in [3.8, 4) is 11.3 Å². The summed E-state index contributed by atoms with van der Waals surface area (Å²) < 4.78 is 5.63. The third-order valence-corrected chi connectivity index (χ3v) is 6.00. The van der Waals surface area contributed by atoms with E-state index in [0.717, 1.165) is 0 Å². The SMILES string of the molecule is O=C(NC(=S)Nc1cccc(NC(=O)c2cccs2)c1)c1ccc(-c2ccc(Cl)cc2Cl)o1. The standard InChI is InChI=1S/C23H15Cl2N3O3S2/c24-13-6-7-16(17(25)11-13)18-8-9-19(31-18)21(29)28-23(32)27-15-4-1-3-14(12-15)26-22(30)20-5-2-10-33-20/h1-12H,(H,26,30)(H2,27,28,29,32). The molecule has 6 nitrogen and oxygen atoms in total. The minimum atomic E-state index is -0.522. The number of carbonyl (C=O) groups is 2. The number of hydrogen-bond acceptors (Lipinski definition) is 5. The molecule has 0 bridgehead atoms. The Hall–Kier alpha value is -3.17. The first-order valence-corrected chi connectivity index (χ1v) is 11.6. The highest BCUT2D eigenvalue weighted by Crippen LogP contribution is 2.31. The fourth-order valence-corrected chi connectivity index (χ4v) is 4.23. The van der Waals surface area contributed by atoms with Crippen LogP contribution in [0, 0.1) is 0 Å². The van der Waals surface area contributed by atoms with Crippen LogP contribution < -0.4 is 16.0 Å². The summed E-state index contributed by atoms with van der Waals surface area (Å²) in [5.74, 6) is -0.231. The maximum atomic E-state index is 12.5. The summed E-state index contributed by atoms with van der Waals surface area (Å²) in [5.41, 5.74) is 1.79. The maximum Gasteiger partial charge on any atom is 0.293 e. The molecular formula is C23H15Cl2N3O3S2. The van der Waals surface area contributed by atoms with Crippen molar-refractivity contribution in [1.29, 1.82) is 0 Å². The fraction of sp³-hybridized carbons (Fsp3) is 0. The van der Waals surface area contributed by atoms with Crippen molar-refractivity contribution in [2.45, 2.75) is 0 Å². The van der Waals surface area contributed by atoms with Gasteiger partial charge in [0.05, 0.1) is 9.90 Å². The van der Waals surface area contributed by atoms with E-state index in [0.29, 0.717) is 37.6 Å². The van der Waals surface area contributed by atoms with E-state index in [2.05, 4.69) is 16.0 Å².